The number of methoxy groups -OCH3 is 1. The number of rotatable bonds is 9. The van der Waals surface area contributed by atoms with Crippen LogP contribution in [0.5, 0.6) is 5.75 Å². The van der Waals surface area contributed by atoms with Gasteiger partial charge in [0.1, 0.15) is 5.75 Å². The predicted octanol–water partition coefficient (Wildman–Crippen LogP) is 6.38. The number of unbranched alkanes of at least 4 members (excludes halogenated alkanes) is 1. The summed E-state index contributed by atoms with van der Waals surface area (Å²) in [6, 6.07) is 21.2. The summed E-state index contributed by atoms with van der Waals surface area (Å²) < 4.78 is 46.7. The van der Waals surface area contributed by atoms with Gasteiger partial charge in [0.25, 0.3) is 0 Å². The molecular weight excluding hydrogens is 509 g/mol. The standard InChI is InChI=1S/C30H31F3N2O4/c1-38-29(37)28(36)35(20-6-5-11-22-9-3-2-4-10-22)24-14-17-27(34-18-7-8-19-34)26(21-24)23-12-15-25(16-13-23)39-30(31,32)33/h2-4,9-10,12-17,21H,5-8,11,18-20H2,1H3. The minimum Gasteiger partial charge on any atom is -0.462 e. The Morgan fingerprint density at radius 1 is 0.923 bits per heavy atom. The van der Waals surface area contributed by atoms with Gasteiger partial charge in [0.2, 0.25) is 0 Å². The molecule has 0 aliphatic carbocycles. The maximum Gasteiger partial charge on any atom is 0.573 e. The number of anilines is 2. The van der Waals surface area contributed by atoms with Gasteiger partial charge >= 0.3 is 18.2 Å². The minimum atomic E-state index is -4.78. The summed E-state index contributed by atoms with van der Waals surface area (Å²) in [6.07, 6.45) is -0.398. The molecule has 3 aromatic carbocycles. The van der Waals surface area contributed by atoms with Crippen molar-refractivity contribution in [3.05, 3.63) is 78.4 Å². The Hall–Kier alpha value is -4.01. The van der Waals surface area contributed by atoms with Gasteiger partial charge in [0.15, 0.2) is 0 Å². The predicted molar refractivity (Wildman–Crippen MR) is 144 cm³/mol. The second-order valence-corrected chi connectivity index (χ2v) is 9.36. The van der Waals surface area contributed by atoms with Crippen molar-refractivity contribution in [2.45, 2.75) is 38.5 Å². The Bertz CT molecular complexity index is 1260. The van der Waals surface area contributed by atoms with Gasteiger partial charge < -0.3 is 19.3 Å². The molecule has 1 aliphatic rings. The van der Waals surface area contributed by atoms with E-state index in [0.29, 0.717) is 24.2 Å². The van der Waals surface area contributed by atoms with Crippen molar-refractivity contribution in [1.82, 2.24) is 0 Å². The van der Waals surface area contributed by atoms with Gasteiger partial charge in [-0.15, -0.1) is 13.2 Å². The van der Waals surface area contributed by atoms with Crippen LogP contribution in [0.25, 0.3) is 11.1 Å². The fourth-order valence-electron chi connectivity index (χ4n) is 4.78. The smallest absolute Gasteiger partial charge is 0.462 e. The van der Waals surface area contributed by atoms with Crippen LogP contribution in [-0.4, -0.2) is 45.0 Å². The number of alkyl halides is 3. The summed E-state index contributed by atoms with van der Waals surface area (Å²) >= 11 is 0. The number of halogens is 3. The van der Waals surface area contributed by atoms with E-state index < -0.39 is 18.2 Å². The molecule has 6 nitrogen and oxygen atoms in total. The number of esters is 1. The fourth-order valence-corrected chi connectivity index (χ4v) is 4.78. The lowest BCUT2D eigenvalue weighted by molar-refractivity contribution is -0.274. The van der Waals surface area contributed by atoms with Crippen LogP contribution < -0.4 is 14.5 Å². The molecule has 3 aromatic rings. The average Bonchev–Trinajstić information content (AvgIpc) is 3.47. The van der Waals surface area contributed by atoms with Gasteiger partial charge in [0, 0.05) is 36.6 Å². The monoisotopic (exact) mass is 540 g/mol. The molecular formula is C30H31F3N2O4. The Kier molecular flexibility index (Phi) is 9.11. The van der Waals surface area contributed by atoms with E-state index in [1.165, 1.54) is 29.7 Å². The number of amides is 1. The second-order valence-electron chi connectivity index (χ2n) is 9.36. The number of aryl methyl sites for hydroxylation is 1. The zero-order valence-electron chi connectivity index (χ0n) is 21.7. The maximum absolute atomic E-state index is 13.0. The highest BCUT2D eigenvalue weighted by Gasteiger charge is 2.31. The molecule has 9 heteroatoms. The third kappa shape index (κ3) is 7.52. The quantitative estimate of drug-likeness (QED) is 0.179. The van der Waals surface area contributed by atoms with E-state index in [0.717, 1.165) is 50.0 Å². The highest BCUT2D eigenvalue weighted by atomic mass is 19.4. The Labute approximate surface area is 225 Å². The summed E-state index contributed by atoms with van der Waals surface area (Å²) in [4.78, 5) is 28.9. The van der Waals surface area contributed by atoms with E-state index in [1.54, 1.807) is 18.2 Å². The average molecular weight is 541 g/mol. The fraction of sp³-hybridized carbons (Fsp3) is 0.333. The summed E-state index contributed by atoms with van der Waals surface area (Å²) in [5.41, 5.74) is 4.04. The van der Waals surface area contributed by atoms with Gasteiger partial charge in [-0.1, -0.05) is 42.5 Å². The van der Waals surface area contributed by atoms with Gasteiger partial charge in [-0.2, -0.15) is 0 Å². The molecule has 0 bridgehead atoms. The van der Waals surface area contributed by atoms with E-state index in [2.05, 4.69) is 9.64 Å². The highest BCUT2D eigenvalue weighted by Crippen LogP contribution is 2.37. The molecule has 0 spiro atoms. The van der Waals surface area contributed by atoms with Crippen molar-refractivity contribution in [2.24, 2.45) is 0 Å². The van der Waals surface area contributed by atoms with Crippen LogP contribution >= 0.6 is 0 Å². The van der Waals surface area contributed by atoms with Crippen LogP contribution in [0.1, 0.15) is 31.2 Å². The lowest BCUT2D eigenvalue weighted by Crippen LogP contribution is -2.38. The van der Waals surface area contributed by atoms with Gasteiger partial charge in [0.05, 0.1) is 7.11 Å². The topological polar surface area (TPSA) is 59.1 Å². The number of carbonyl (C=O) groups excluding carboxylic acids is 2. The third-order valence-electron chi connectivity index (χ3n) is 6.68. The zero-order chi connectivity index (χ0) is 27.8. The summed E-state index contributed by atoms with van der Waals surface area (Å²) in [5, 5.41) is 0. The molecule has 1 saturated heterocycles. The number of hydrogen-bond acceptors (Lipinski definition) is 5. The van der Waals surface area contributed by atoms with Crippen molar-refractivity contribution in [2.75, 3.05) is 36.5 Å². The maximum atomic E-state index is 13.0. The first-order valence-corrected chi connectivity index (χ1v) is 12.9. The normalized spacial score (nSPS) is 13.3. The van der Waals surface area contributed by atoms with E-state index in [4.69, 9.17) is 4.74 Å². The van der Waals surface area contributed by atoms with Crippen molar-refractivity contribution in [1.29, 1.82) is 0 Å². The number of ether oxygens (including phenoxy) is 2. The molecule has 206 valence electrons. The zero-order valence-corrected chi connectivity index (χ0v) is 21.7. The van der Waals surface area contributed by atoms with Crippen LogP contribution in [-0.2, 0) is 20.7 Å². The molecule has 0 N–H and O–H groups in total. The largest absolute Gasteiger partial charge is 0.573 e. The van der Waals surface area contributed by atoms with Gasteiger partial charge in [-0.05, 0) is 73.6 Å². The third-order valence-corrected chi connectivity index (χ3v) is 6.68. The van der Waals surface area contributed by atoms with Crippen LogP contribution in [0.3, 0.4) is 0 Å². The molecule has 0 aromatic heterocycles. The Balaban J connectivity index is 1.63. The summed E-state index contributed by atoms with van der Waals surface area (Å²) in [7, 11) is 1.17. The van der Waals surface area contributed by atoms with Gasteiger partial charge in [-0.3, -0.25) is 4.79 Å². The Morgan fingerprint density at radius 3 is 2.26 bits per heavy atom. The molecule has 0 radical (unpaired) electrons. The van der Waals surface area contributed by atoms with Crippen LogP contribution in [0, 0.1) is 0 Å². The first kappa shape index (κ1) is 28.0. The van der Waals surface area contributed by atoms with E-state index >= 15 is 0 Å². The minimum absolute atomic E-state index is 0.307. The first-order valence-electron chi connectivity index (χ1n) is 12.9. The molecule has 1 amide bonds. The number of nitrogens with zero attached hydrogens (tertiary/aromatic N) is 2. The van der Waals surface area contributed by atoms with E-state index in [9.17, 15) is 22.8 Å². The molecule has 4 rings (SSSR count). The second kappa shape index (κ2) is 12.7. The Morgan fingerprint density at radius 2 is 1.62 bits per heavy atom. The number of carbonyl (C=O) groups is 2. The molecule has 0 unspecified atom stereocenters. The molecule has 1 fully saturated rings. The molecule has 39 heavy (non-hydrogen) atoms. The summed E-state index contributed by atoms with van der Waals surface area (Å²) in [6.45, 7) is 2.01. The molecule has 1 aliphatic heterocycles. The first-order chi connectivity index (χ1) is 18.7. The van der Waals surface area contributed by atoms with E-state index in [1.807, 2.05) is 42.5 Å². The SMILES string of the molecule is COC(=O)C(=O)N(CCCCc1ccccc1)c1ccc(N2CCCC2)c(-c2ccc(OC(F)(F)F)cc2)c1. The number of hydrogen-bond donors (Lipinski definition) is 0. The van der Waals surface area contributed by atoms with Crippen LogP contribution in [0.4, 0.5) is 24.5 Å². The molecule has 1 heterocycles. The van der Waals surface area contributed by atoms with Crippen LogP contribution in [0.2, 0.25) is 0 Å². The van der Waals surface area contributed by atoms with Crippen LogP contribution in [0.15, 0.2) is 72.8 Å². The van der Waals surface area contributed by atoms with Crippen molar-refractivity contribution in [3.63, 3.8) is 0 Å². The van der Waals surface area contributed by atoms with Gasteiger partial charge in [-0.25, -0.2) is 4.79 Å². The van der Waals surface area contributed by atoms with Crippen molar-refractivity contribution < 1.29 is 32.2 Å². The van der Waals surface area contributed by atoms with Crippen molar-refractivity contribution >= 4 is 23.3 Å². The summed E-state index contributed by atoms with van der Waals surface area (Å²) in [5.74, 6) is -2.05. The van der Waals surface area contributed by atoms with Crippen molar-refractivity contribution in [3.8, 4) is 16.9 Å². The molecule has 0 atom stereocenters. The number of benzene rings is 3. The highest BCUT2D eigenvalue weighted by molar-refractivity contribution is 6.38. The molecule has 0 saturated carbocycles. The lowest BCUT2D eigenvalue weighted by Gasteiger charge is -2.26. The lowest BCUT2D eigenvalue weighted by atomic mass is 10.0. The van der Waals surface area contributed by atoms with E-state index in [-0.39, 0.29) is 5.75 Å².